The summed E-state index contributed by atoms with van der Waals surface area (Å²) in [6.45, 7) is 0. The molecule has 0 aliphatic carbocycles. The van der Waals surface area contributed by atoms with Crippen LogP contribution in [0.3, 0.4) is 0 Å². The highest BCUT2D eigenvalue weighted by Crippen LogP contribution is 2.12. The first kappa shape index (κ1) is 19.8. The zero-order valence-electron chi connectivity index (χ0n) is 16.6. The third kappa shape index (κ3) is 6.32. The van der Waals surface area contributed by atoms with E-state index in [9.17, 15) is 0 Å². The SMILES string of the molecule is CN(N=CC(C=NN(C)c1ccccc1)=NNc1ccccc1)c1ccccc1. The number of rotatable bonds is 8. The summed E-state index contributed by atoms with van der Waals surface area (Å²) in [6.07, 6.45) is 3.34. The molecular weight excluding hydrogens is 360 g/mol. The molecule has 6 nitrogen and oxygen atoms in total. The van der Waals surface area contributed by atoms with Gasteiger partial charge in [0.1, 0.15) is 5.71 Å². The Labute approximate surface area is 171 Å². The van der Waals surface area contributed by atoms with Gasteiger partial charge in [0.2, 0.25) is 0 Å². The van der Waals surface area contributed by atoms with E-state index in [0.29, 0.717) is 5.71 Å². The molecule has 0 bridgehead atoms. The standard InChI is InChI=1S/C23H24N6/c1-28(22-14-8-4-9-15-22)24-18-21(27-26-20-12-6-3-7-13-20)19-25-29(2)23-16-10-5-11-17-23/h3-19,26H,1-2H3. The van der Waals surface area contributed by atoms with Crippen LogP contribution in [0.25, 0.3) is 0 Å². The summed E-state index contributed by atoms with van der Waals surface area (Å²) in [4.78, 5) is 0. The fourth-order valence-electron chi connectivity index (χ4n) is 2.45. The largest absolute Gasteiger partial charge is 0.278 e. The average molecular weight is 384 g/mol. The minimum atomic E-state index is 0.583. The van der Waals surface area contributed by atoms with Crippen LogP contribution >= 0.6 is 0 Å². The Morgan fingerprint density at radius 3 is 1.52 bits per heavy atom. The molecule has 3 rings (SSSR count). The van der Waals surface area contributed by atoms with Crippen LogP contribution in [0.15, 0.2) is 106 Å². The molecule has 29 heavy (non-hydrogen) atoms. The maximum absolute atomic E-state index is 4.49. The molecule has 0 heterocycles. The van der Waals surface area contributed by atoms with Gasteiger partial charge in [-0.25, -0.2) is 0 Å². The minimum absolute atomic E-state index is 0.583. The van der Waals surface area contributed by atoms with Crippen molar-refractivity contribution in [2.24, 2.45) is 15.3 Å². The lowest BCUT2D eigenvalue weighted by Gasteiger charge is -2.13. The van der Waals surface area contributed by atoms with Gasteiger partial charge in [0.05, 0.1) is 29.5 Å². The van der Waals surface area contributed by atoms with Crippen molar-refractivity contribution in [3.8, 4) is 0 Å². The summed E-state index contributed by atoms with van der Waals surface area (Å²) in [5.74, 6) is 0. The molecule has 3 aromatic rings. The van der Waals surface area contributed by atoms with Gasteiger partial charge >= 0.3 is 0 Å². The lowest BCUT2D eigenvalue weighted by molar-refractivity contribution is 1.02. The molecular formula is C23H24N6. The number of anilines is 3. The van der Waals surface area contributed by atoms with Crippen molar-refractivity contribution in [3.05, 3.63) is 91.0 Å². The van der Waals surface area contributed by atoms with Crippen LogP contribution in [0.4, 0.5) is 17.1 Å². The van der Waals surface area contributed by atoms with Crippen LogP contribution in [-0.4, -0.2) is 32.2 Å². The Kier molecular flexibility index (Phi) is 7.12. The number of hydrogen-bond acceptors (Lipinski definition) is 6. The topological polar surface area (TPSA) is 55.6 Å². The molecule has 0 saturated carbocycles. The third-order valence-electron chi connectivity index (χ3n) is 4.07. The average Bonchev–Trinajstić information content (AvgIpc) is 2.80. The van der Waals surface area contributed by atoms with Crippen molar-refractivity contribution in [2.75, 3.05) is 29.5 Å². The molecule has 3 aromatic carbocycles. The predicted molar refractivity (Wildman–Crippen MR) is 124 cm³/mol. The Balaban J connectivity index is 1.77. The fourth-order valence-corrected chi connectivity index (χ4v) is 2.45. The molecule has 0 aliphatic heterocycles. The van der Waals surface area contributed by atoms with E-state index in [1.54, 1.807) is 22.4 Å². The lowest BCUT2D eigenvalue weighted by Crippen LogP contribution is -2.16. The van der Waals surface area contributed by atoms with Crippen LogP contribution in [0.5, 0.6) is 0 Å². The van der Waals surface area contributed by atoms with E-state index < -0.39 is 0 Å². The number of hydrazone groups is 3. The van der Waals surface area contributed by atoms with Crippen molar-refractivity contribution >= 4 is 35.2 Å². The normalized spacial score (nSPS) is 10.8. The number of benzene rings is 3. The van der Waals surface area contributed by atoms with Gasteiger partial charge < -0.3 is 0 Å². The molecule has 0 saturated heterocycles. The fraction of sp³-hybridized carbons (Fsp3) is 0.0870. The summed E-state index contributed by atoms with van der Waals surface area (Å²) in [5.41, 5.74) is 6.48. The molecule has 1 N–H and O–H groups in total. The first-order chi connectivity index (χ1) is 14.2. The highest BCUT2D eigenvalue weighted by molar-refractivity contribution is 6.56. The van der Waals surface area contributed by atoms with Gasteiger partial charge in [0.15, 0.2) is 0 Å². The molecule has 0 atom stereocenters. The van der Waals surface area contributed by atoms with E-state index in [4.69, 9.17) is 0 Å². The van der Waals surface area contributed by atoms with E-state index >= 15 is 0 Å². The van der Waals surface area contributed by atoms with Crippen molar-refractivity contribution in [1.82, 2.24) is 0 Å². The monoisotopic (exact) mass is 384 g/mol. The molecule has 0 amide bonds. The Hall–Kier alpha value is -3.93. The van der Waals surface area contributed by atoms with E-state index in [2.05, 4.69) is 20.7 Å². The Morgan fingerprint density at radius 1 is 0.655 bits per heavy atom. The summed E-state index contributed by atoms with van der Waals surface area (Å²) in [5, 5.41) is 17.0. The van der Waals surface area contributed by atoms with E-state index in [0.717, 1.165) is 17.1 Å². The van der Waals surface area contributed by atoms with Gasteiger partial charge in [-0.3, -0.25) is 15.4 Å². The van der Waals surface area contributed by atoms with Crippen molar-refractivity contribution in [3.63, 3.8) is 0 Å². The number of para-hydroxylation sites is 3. The highest BCUT2D eigenvalue weighted by Gasteiger charge is 2.00. The summed E-state index contributed by atoms with van der Waals surface area (Å²) < 4.78 is 0. The molecule has 6 heteroatoms. The second kappa shape index (κ2) is 10.4. The van der Waals surface area contributed by atoms with Gasteiger partial charge in [0.25, 0.3) is 0 Å². The second-order valence-electron chi connectivity index (χ2n) is 6.22. The van der Waals surface area contributed by atoms with Gasteiger partial charge in [-0.1, -0.05) is 54.6 Å². The quantitative estimate of drug-likeness (QED) is 0.452. The first-order valence-electron chi connectivity index (χ1n) is 9.26. The van der Waals surface area contributed by atoms with Crippen molar-refractivity contribution in [1.29, 1.82) is 0 Å². The zero-order chi connectivity index (χ0) is 20.3. The van der Waals surface area contributed by atoms with Crippen LogP contribution in [0.1, 0.15) is 0 Å². The molecule has 146 valence electrons. The van der Waals surface area contributed by atoms with Gasteiger partial charge in [-0.2, -0.15) is 15.3 Å². The van der Waals surface area contributed by atoms with Crippen molar-refractivity contribution < 1.29 is 0 Å². The smallest absolute Gasteiger partial charge is 0.123 e. The van der Waals surface area contributed by atoms with Crippen LogP contribution in [0, 0.1) is 0 Å². The lowest BCUT2D eigenvalue weighted by atomic mass is 10.3. The van der Waals surface area contributed by atoms with Gasteiger partial charge in [0, 0.05) is 14.1 Å². The number of hydrogen-bond donors (Lipinski definition) is 1. The molecule has 0 spiro atoms. The molecule has 0 aliphatic rings. The van der Waals surface area contributed by atoms with E-state index in [-0.39, 0.29) is 0 Å². The van der Waals surface area contributed by atoms with Gasteiger partial charge in [-0.15, -0.1) is 0 Å². The molecule has 0 fully saturated rings. The number of nitrogens with zero attached hydrogens (tertiary/aromatic N) is 5. The predicted octanol–water partition coefficient (Wildman–Crippen LogP) is 4.70. The number of nitrogens with one attached hydrogen (secondary N) is 1. The summed E-state index contributed by atoms with van der Waals surface area (Å²) >= 11 is 0. The Morgan fingerprint density at radius 2 is 1.07 bits per heavy atom. The van der Waals surface area contributed by atoms with Gasteiger partial charge in [-0.05, 0) is 36.4 Å². The van der Waals surface area contributed by atoms with E-state index in [1.807, 2.05) is 105 Å². The maximum Gasteiger partial charge on any atom is 0.123 e. The highest BCUT2D eigenvalue weighted by atomic mass is 15.4. The first-order valence-corrected chi connectivity index (χ1v) is 9.26. The zero-order valence-corrected chi connectivity index (χ0v) is 16.6. The second-order valence-corrected chi connectivity index (χ2v) is 6.22. The summed E-state index contributed by atoms with van der Waals surface area (Å²) in [6, 6.07) is 29.6. The molecule has 0 aromatic heterocycles. The van der Waals surface area contributed by atoms with Crippen LogP contribution < -0.4 is 15.4 Å². The van der Waals surface area contributed by atoms with Crippen molar-refractivity contribution in [2.45, 2.75) is 0 Å². The molecule has 0 radical (unpaired) electrons. The summed E-state index contributed by atoms with van der Waals surface area (Å²) in [7, 11) is 3.78. The minimum Gasteiger partial charge on any atom is -0.278 e. The third-order valence-corrected chi connectivity index (χ3v) is 4.07. The Bertz CT molecular complexity index is 895. The van der Waals surface area contributed by atoms with Crippen LogP contribution in [-0.2, 0) is 0 Å². The maximum atomic E-state index is 4.49. The van der Waals surface area contributed by atoms with E-state index in [1.165, 1.54) is 0 Å². The molecule has 0 unspecified atom stereocenters. The van der Waals surface area contributed by atoms with Crippen LogP contribution in [0.2, 0.25) is 0 Å².